The Balaban J connectivity index is 2.10. The maximum atomic E-state index is 6.20. The molecule has 3 rings (SSSR count). The number of rotatable bonds is 4. The molecule has 4 heteroatoms. The van der Waals surface area contributed by atoms with Crippen molar-refractivity contribution < 1.29 is 4.48 Å². The van der Waals surface area contributed by atoms with Crippen LogP contribution in [0.25, 0.3) is 4.85 Å². The summed E-state index contributed by atoms with van der Waals surface area (Å²) < 4.78 is 0.453. The quantitative estimate of drug-likeness (QED) is 0.658. The normalized spacial score (nSPS) is 13.5. The van der Waals surface area contributed by atoms with Gasteiger partial charge in [0.2, 0.25) is 7.05 Å². The van der Waals surface area contributed by atoms with Crippen LogP contribution in [0.5, 0.6) is 0 Å². The third kappa shape index (κ3) is 3.90. The van der Waals surface area contributed by atoms with Gasteiger partial charge in [-0.25, -0.2) is 0 Å². The van der Waals surface area contributed by atoms with E-state index >= 15 is 0 Å². The van der Waals surface area contributed by atoms with Crippen molar-refractivity contribution in [3.05, 3.63) is 67.0 Å². The fraction of sp³-hybridized carbons (Fsp3) is 0.318. The van der Waals surface area contributed by atoms with Crippen LogP contribution in [0.1, 0.15) is 25.8 Å². The summed E-state index contributed by atoms with van der Waals surface area (Å²) >= 11 is 1.79. The monoisotopic (exact) mass is 363 g/mol. The molecule has 2 aromatic carbocycles. The number of hydrogen-bond donors (Lipinski definition) is 0. The van der Waals surface area contributed by atoms with Gasteiger partial charge < -0.3 is 9.38 Å². The number of quaternary nitrogens is 1. The molecule has 0 aromatic heterocycles. The van der Waals surface area contributed by atoms with Crippen LogP contribution in [-0.2, 0) is 0 Å². The van der Waals surface area contributed by atoms with Crippen LogP contribution in [-0.4, -0.2) is 30.7 Å². The lowest BCUT2D eigenvalue weighted by molar-refractivity contribution is -0.846. The molecule has 0 unspecified atom stereocenters. The minimum atomic E-state index is -0.112. The highest BCUT2D eigenvalue weighted by Gasteiger charge is 2.35. The van der Waals surface area contributed by atoms with E-state index in [1.54, 1.807) is 11.8 Å². The van der Waals surface area contributed by atoms with Crippen molar-refractivity contribution in [2.24, 2.45) is 0 Å². The van der Waals surface area contributed by atoms with Gasteiger partial charge in [0, 0.05) is 21.8 Å². The highest BCUT2D eigenvalue weighted by atomic mass is 32.2. The van der Waals surface area contributed by atoms with E-state index < -0.39 is 0 Å². The van der Waals surface area contributed by atoms with Gasteiger partial charge in [-0.1, -0.05) is 28.7 Å². The van der Waals surface area contributed by atoms with E-state index in [9.17, 15) is 0 Å². The van der Waals surface area contributed by atoms with Crippen molar-refractivity contribution in [1.29, 1.82) is 0 Å². The van der Waals surface area contributed by atoms with Gasteiger partial charge >= 0.3 is 13.1 Å². The fourth-order valence-corrected chi connectivity index (χ4v) is 4.26. The van der Waals surface area contributed by atoms with E-state index in [-0.39, 0.29) is 5.54 Å². The second-order valence-corrected chi connectivity index (χ2v) is 8.98. The van der Waals surface area contributed by atoms with Crippen molar-refractivity contribution in [2.75, 3.05) is 25.5 Å². The molecule has 1 heterocycles. The second-order valence-electron chi connectivity index (χ2n) is 7.89. The fourth-order valence-electron chi connectivity index (χ4n) is 3.22. The molecule has 0 aliphatic carbocycles. The van der Waals surface area contributed by atoms with Crippen LogP contribution in [0.15, 0.2) is 52.3 Å². The number of nitrogens with zero attached hydrogens (tertiary/aromatic N) is 3. The lowest BCUT2D eigenvalue weighted by atomic mass is 9.94. The van der Waals surface area contributed by atoms with Crippen LogP contribution in [0.2, 0.25) is 0 Å². The second kappa shape index (κ2) is 6.98. The lowest BCUT2D eigenvalue weighted by Crippen LogP contribution is -2.46. The molecular weight excluding hydrogens is 338 g/mol. The summed E-state index contributed by atoms with van der Waals surface area (Å²) in [6, 6.07) is 17.6. The molecule has 0 N–H and O–H groups in total. The zero-order valence-corrected chi connectivity index (χ0v) is 16.7. The van der Waals surface area contributed by atoms with Crippen molar-refractivity contribution in [3.8, 4) is 6.07 Å². The molecule has 0 bridgehead atoms. The van der Waals surface area contributed by atoms with Crippen LogP contribution < -0.4 is 4.90 Å². The van der Waals surface area contributed by atoms with Gasteiger partial charge in [-0.2, -0.15) is 0 Å². The molecular formula is C22H25N3S+2. The zero-order chi connectivity index (χ0) is 18.9. The summed E-state index contributed by atoms with van der Waals surface area (Å²) in [5, 5.41) is 0. The minimum Gasteiger partial charge on any atom is -0.334 e. The van der Waals surface area contributed by atoms with Crippen molar-refractivity contribution in [3.63, 3.8) is 0 Å². The average molecular weight is 364 g/mol. The van der Waals surface area contributed by atoms with Gasteiger partial charge in [-0.05, 0) is 44.2 Å². The average Bonchev–Trinajstić information content (AvgIpc) is 2.57. The van der Waals surface area contributed by atoms with Gasteiger partial charge in [0.15, 0.2) is 0 Å². The topological polar surface area (TPSA) is 7.60 Å². The third-order valence-corrected chi connectivity index (χ3v) is 5.76. The molecule has 0 saturated carbocycles. The molecule has 0 saturated heterocycles. The zero-order valence-electron chi connectivity index (χ0n) is 15.9. The first-order valence-corrected chi connectivity index (χ1v) is 9.52. The van der Waals surface area contributed by atoms with Crippen molar-refractivity contribution >= 4 is 23.1 Å². The van der Waals surface area contributed by atoms with Gasteiger partial charge in [0.1, 0.15) is 5.56 Å². The van der Waals surface area contributed by atoms with Crippen molar-refractivity contribution in [2.45, 2.75) is 35.6 Å². The van der Waals surface area contributed by atoms with E-state index in [0.717, 1.165) is 24.2 Å². The Morgan fingerprint density at radius 1 is 1.12 bits per heavy atom. The maximum Gasteiger partial charge on any atom is 0.444 e. The molecule has 0 amide bonds. The Hall–Kier alpha value is -1.96. The Kier molecular flexibility index (Phi) is 5.05. The van der Waals surface area contributed by atoms with Crippen LogP contribution in [0.3, 0.4) is 0 Å². The minimum absolute atomic E-state index is 0.112. The maximum absolute atomic E-state index is 6.20. The molecule has 132 valence electrons. The smallest absolute Gasteiger partial charge is 0.334 e. The van der Waals surface area contributed by atoms with Crippen molar-refractivity contribution in [1.82, 2.24) is 0 Å². The Bertz CT molecular complexity index is 869. The molecule has 0 fully saturated rings. The van der Waals surface area contributed by atoms with E-state index in [1.165, 1.54) is 15.5 Å². The summed E-state index contributed by atoms with van der Waals surface area (Å²) in [6.07, 6.45) is 0.952. The summed E-state index contributed by atoms with van der Waals surface area (Å²) in [4.78, 5) is 8.47. The van der Waals surface area contributed by atoms with Gasteiger partial charge in [0.25, 0.3) is 0 Å². The summed E-state index contributed by atoms with van der Waals surface area (Å²) in [7, 11) is 15.6. The molecule has 1 aliphatic heterocycles. The highest BCUT2D eigenvalue weighted by Crippen LogP contribution is 2.51. The van der Waals surface area contributed by atoms with E-state index in [2.05, 4.69) is 66.1 Å². The summed E-state index contributed by atoms with van der Waals surface area (Å²) in [5.74, 6) is 0. The molecule has 0 spiro atoms. The molecule has 0 atom stereocenters. The molecule has 26 heavy (non-hydrogen) atoms. The molecule has 3 nitrogen and oxygen atoms in total. The Labute approximate surface area is 162 Å². The van der Waals surface area contributed by atoms with Crippen LogP contribution in [0.4, 0.5) is 11.4 Å². The Morgan fingerprint density at radius 3 is 2.50 bits per heavy atom. The van der Waals surface area contributed by atoms with Crippen LogP contribution >= 0.6 is 11.8 Å². The van der Waals surface area contributed by atoms with E-state index in [4.69, 9.17) is 14.1 Å². The SMILES string of the molecule is [CH][N+]#Cc1ccc2c(c1)N(C(C)(C)CC[N+]([CH])(C)C)c1ccccc1S2. The van der Waals surface area contributed by atoms with Gasteiger partial charge in [-0.15, -0.1) is 0 Å². The van der Waals surface area contributed by atoms with Gasteiger partial charge in [-0.3, -0.25) is 0 Å². The van der Waals surface area contributed by atoms with E-state index in [0.29, 0.717) is 4.48 Å². The summed E-state index contributed by atoms with van der Waals surface area (Å²) in [6.45, 7) is 5.42. The number of fused-ring (bicyclic) bond motifs is 2. The predicted molar refractivity (Wildman–Crippen MR) is 110 cm³/mol. The number of benzene rings is 2. The predicted octanol–water partition coefficient (Wildman–Crippen LogP) is 5.55. The number of para-hydroxylation sites is 1. The van der Waals surface area contributed by atoms with Crippen LogP contribution in [0, 0.1) is 20.2 Å². The number of anilines is 2. The number of hydrogen-bond acceptors (Lipinski definition) is 2. The largest absolute Gasteiger partial charge is 0.444 e. The third-order valence-electron chi connectivity index (χ3n) is 4.62. The first kappa shape index (κ1) is 18.8. The highest BCUT2D eigenvalue weighted by molar-refractivity contribution is 7.99. The molecule has 4 radical (unpaired) electrons. The molecule has 1 aliphatic rings. The first-order chi connectivity index (χ1) is 12.2. The molecule has 2 aromatic rings. The Morgan fingerprint density at radius 2 is 1.81 bits per heavy atom. The lowest BCUT2D eigenvalue weighted by Gasteiger charge is -2.45. The van der Waals surface area contributed by atoms with Gasteiger partial charge in [0.05, 0.1) is 32.0 Å². The van der Waals surface area contributed by atoms with E-state index in [1.807, 2.05) is 20.2 Å². The summed E-state index contributed by atoms with van der Waals surface area (Å²) in [5.41, 5.74) is 3.15. The first-order valence-electron chi connectivity index (χ1n) is 8.70. The standard InChI is InChI=1S/C22H25N3S/c1-22(2,13-14-25(4,5)6)24-18-9-7-8-10-20(18)26-21-12-11-17(16-23-3)15-19(21)24/h3-4,7-12,15H,13-14H2,1-2,5-6H3/q+2.